The van der Waals surface area contributed by atoms with Crippen LogP contribution in [0.1, 0.15) is 44.1 Å². The normalized spacial score (nSPS) is 28.0. The molecule has 3 rings (SSSR count). The molecule has 1 aliphatic carbocycles. The van der Waals surface area contributed by atoms with Crippen LogP contribution in [0.15, 0.2) is 30.3 Å². The van der Waals surface area contributed by atoms with Gasteiger partial charge in [0, 0.05) is 18.0 Å². The summed E-state index contributed by atoms with van der Waals surface area (Å²) in [5.74, 6) is 0. The lowest BCUT2D eigenvalue weighted by Crippen LogP contribution is -2.57. The quantitative estimate of drug-likeness (QED) is 0.931. The van der Waals surface area contributed by atoms with Crippen molar-refractivity contribution in [2.45, 2.75) is 51.2 Å². The van der Waals surface area contributed by atoms with Gasteiger partial charge in [-0.15, -0.1) is 0 Å². The summed E-state index contributed by atoms with van der Waals surface area (Å²) in [4.78, 5) is 14.4. The van der Waals surface area contributed by atoms with Crippen molar-refractivity contribution < 1.29 is 14.6 Å². The van der Waals surface area contributed by atoms with Crippen LogP contribution in [0.2, 0.25) is 0 Å². The summed E-state index contributed by atoms with van der Waals surface area (Å²) < 4.78 is 5.51. The fourth-order valence-corrected chi connectivity index (χ4v) is 4.11. The monoisotopic (exact) mass is 303 g/mol. The van der Waals surface area contributed by atoms with Crippen molar-refractivity contribution in [3.05, 3.63) is 35.9 Å². The summed E-state index contributed by atoms with van der Waals surface area (Å²) in [5.41, 5.74) is 0.910. The number of hydrogen-bond acceptors (Lipinski definition) is 3. The highest BCUT2D eigenvalue weighted by Crippen LogP contribution is 2.45. The molecule has 1 aliphatic heterocycles. The summed E-state index contributed by atoms with van der Waals surface area (Å²) >= 11 is 0. The minimum Gasteiger partial charge on any atom is -0.445 e. The van der Waals surface area contributed by atoms with Crippen LogP contribution in [0, 0.1) is 5.41 Å². The highest BCUT2D eigenvalue weighted by atomic mass is 16.6. The van der Waals surface area contributed by atoms with Crippen molar-refractivity contribution in [1.29, 1.82) is 0 Å². The molecule has 0 bridgehead atoms. The van der Waals surface area contributed by atoms with Crippen LogP contribution in [0.25, 0.3) is 0 Å². The number of nitrogens with zero attached hydrogens (tertiary/aromatic N) is 1. The molecule has 1 aromatic rings. The molecule has 2 fully saturated rings. The SMILES string of the molecule is O=C(OCc1ccccc1)N1CCC[C@@]2(CO)CCCC[C@H]12. The third kappa shape index (κ3) is 2.98. The van der Waals surface area contributed by atoms with Crippen LogP contribution < -0.4 is 0 Å². The highest BCUT2D eigenvalue weighted by Gasteiger charge is 2.47. The first-order chi connectivity index (χ1) is 10.7. The second-order valence-corrected chi connectivity index (χ2v) is 6.62. The van der Waals surface area contributed by atoms with Crippen molar-refractivity contribution in [3.8, 4) is 0 Å². The van der Waals surface area contributed by atoms with Crippen LogP contribution in [0.3, 0.4) is 0 Å². The average Bonchev–Trinajstić information content (AvgIpc) is 2.60. The first-order valence-electron chi connectivity index (χ1n) is 8.33. The number of carbonyl (C=O) groups excluding carboxylic acids is 1. The van der Waals surface area contributed by atoms with Gasteiger partial charge in [0.15, 0.2) is 0 Å². The molecule has 2 aliphatic rings. The second-order valence-electron chi connectivity index (χ2n) is 6.62. The van der Waals surface area contributed by atoms with Gasteiger partial charge in [-0.25, -0.2) is 4.79 Å². The minimum absolute atomic E-state index is 0.0950. The van der Waals surface area contributed by atoms with E-state index >= 15 is 0 Å². The molecule has 1 aromatic carbocycles. The Kier molecular flexibility index (Phi) is 4.67. The van der Waals surface area contributed by atoms with Crippen molar-refractivity contribution in [3.63, 3.8) is 0 Å². The first-order valence-corrected chi connectivity index (χ1v) is 8.33. The lowest BCUT2D eigenvalue weighted by Gasteiger charge is -2.51. The Labute approximate surface area is 132 Å². The van der Waals surface area contributed by atoms with E-state index in [1.165, 1.54) is 0 Å². The summed E-state index contributed by atoms with van der Waals surface area (Å²) in [6.45, 7) is 1.25. The van der Waals surface area contributed by atoms with Gasteiger partial charge in [-0.05, 0) is 31.2 Å². The number of hydrogen-bond donors (Lipinski definition) is 1. The molecule has 0 unspecified atom stereocenters. The number of fused-ring (bicyclic) bond motifs is 1. The summed E-state index contributed by atoms with van der Waals surface area (Å²) in [5, 5.41) is 9.91. The second kappa shape index (κ2) is 6.69. The molecular formula is C18H25NO3. The third-order valence-corrected chi connectivity index (χ3v) is 5.31. The zero-order valence-corrected chi connectivity index (χ0v) is 13.0. The third-order valence-electron chi connectivity index (χ3n) is 5.31. The molecule has 1 saturated carbocycles. The number of benzene rings is 1. The first kappa shape index (κ1) is 15.3. The standard InChI is InChI=1S/C18H25NO3/c20-14-18-10-5-4-9-16(18)19(12-6-11-18)17(21)22-13-15-7-2-1-3-8-15/h1-3,7-8,16,20H,4-6,9-14H2/t16-,18+/m0/s1. The molecule has 2 atom stereocenters. The topological polar surface area (TPSA) is 49.8 Å². The van der Waals surface area contributed by atoms with E-state index in [1.807, 2.05) is 35.2 Å². The Morgan fingerprint density at radius 3 is 2.77 bits per heavy atom. The fourth-order valence-electron chi connectivity index (χ4n) is 4.11. The van der Waals surface area contributed by atoms with Gasteiger partial charge in [-0.3, -0.25) is 0 Å². The maximum absolute atomic E-state index is 12.5. The molecule has 0 spiro atoms. The number of ether oxygens (including phenoxy) is 1. The van der Waals surface area contributed by atoms with Gasteiger partial charge in [0.1, 0.15) is 6.61 Å². The maximum atomic E-state index is 12.5. The van der Waals surface area contributed by atoms with Crippen molar-refractivity contribution >= 4 is 6.09 Å². The van der Waals surface area contributed by atoms with Gasteiger partial charge in [-0.2, -0.15) is 0 Å². The van der Waals surface area contributed by atoms with Crippen molar-refractivity contribution in [2.24, 2.45) is 5.41 Å². The fraction of sp³-hybridized carbons (Fsp3) is 0.611. The minimum atomic E-state index is -0.228. The van der Waals surface area contributed by atoms with Crippen LogP contribution >= 0.6 is 0 Å². The van der Waals surface area contributed by atoms with Gasteiger partial charge >= 0.3 is 6.09 Å². The van der Waals surface area contributed by atoms with Crippen LogP contribution in [-0.4, -0.2) is 35.3 Å². The van der Waals surface area contributed by atoms with Gasteiger partial charge in [0.25, 0.3) is 0 Å². The molecule has 0 aromatic heterocycles. The van der Waals surface area contributed by atoms with Crippen LogP contribution in [0.4, 0.5) is 4.79 Å². The molecule has 4 nitrogen and oxygen atoms in total. The number of piperidine rings is 1. The van der Waals surface area contributed by atoms with E-state index in [2.05, 4.69) is 0 Å². The average molecular weight is 303 g/mol. The Hall–Kier alpha value is -1.55. The number of rotatable bonds is 3. The number of amides is 1. The van der Waals surface area contributed by atoms with Crippen molar-refractivity contribution in [1.82, 2.24) is 4.90 Å². The molecule has 120 valence electrons. The number of aliphatic hydroxyl groups is 1. The van der Waals surface area contributed by atoms with E-state index in [1.54, 1.807) is 0 Å². The summed E-state index contributed by atoms with van der Waals surface area (Å²) in [6.07, 6.45) is 6.05. The van der Waals surface area contributed by atoms with E-state index in [4.69, 9.17) is 4.74 Å². The smallest absolute Gasteiger partial charge is 0.410 e. The molecule has 22 heavy (non-hydrogen) atoms. The lowest BCUT2D eigenvalue weighted by molar-refractivity contribution is -0.0495. The number of aliphatic hydroxyl groups excluding tert-OH is 1. The molecule has 4 heteroatoms. The van der Waals surface area contributed by atoms with E-state index < -0.39 is 0 Å². The Morgan fingerprint density at radius 2 is 2.00 bits per heavy atom. The van der Waals surface area contributed by atoms with E-state index in [0.29, 0.717) is 6.61 Å². The van der Waals surface area contributed by atoms with Crippen LogP contribution in [0.5, 0.6) is 0 Å². The molecule has 1 heterocycles. The summed E-state index contributed by atoms with van der Waals surface area (Å²) in [7, 11) is 0. The predicted octanol–water partition coefficient (Wildman–Crippen LogP) is 3.34. The van der Waals surface area contributed by atoms with Gasteiger partial charge < -0.3 is 14.7 Å². The van der Waals surface area contributed by atoms with Gasteiger partial charge in [0.2, 0.25) is 0 Å². The Balaban J connectivity index is 1.66. The number of carbonyl (C=O) groups is 1. The van der Waals surface area contributed by atoms with E-state index in [0.717, 1.165) is 50.6 Å². The Morgan fingerprint density at radius 1 is 1.23 bits per heavy atom. The molecular weight excluding hydrogens is 278 g/mol. The largest absolute Gasteiger partial charge is 0.445 e. The maximum Gasteiger partial charge on any atom is 0.410 e. The van der Waals surface area contributed by atoms with E-state index in [-0.39, 0.29) is 24.2 Å². The molecule has 1 saturated heterocycles. The van der Waals surface area contributed by atoms with E-state index in [9.17, 15) is 9.90 Å². The number of likely N-dealkylation sites (tertiary alicyclic amines) is 1. The highest BCUT2D eigenvalue weighted by molar-refractivity contribution is 5.68. The molecule has 1 amide bonds. The zero-order valence-electron chi connectivity index (χ0n) is 13.0. The molecule has 1 N–H and O–H groups in total. The zero-order chi connectivity index (χ0) is 15.4. The lowest BCUT2D eigenvalue weighted by atomic mass is 9.65. The van der Waals surface area contributed by atoms with Crippen molar-refractivity contribution in [2.75, 3.05) is 13.2 Å². The predicted molar refractivity (Wildman–Crippen MR) is 84.3 cm³/mol. The van der Waals surface area contributed by atoms with Gasteiger partial charge in [-0.1, -0.05) is 43.2 Å². The Bertz CT molecular complexity index is 500. The van der Waals surface area contributed by atoms with Crippen LogP contribution in [-0.2, 0) is 11.3 Å². The summed E-state index contributed by atoms with van der Waals surface area (Å²) in [6, 6.07) is 9.91. The molecule has 0 radical (unpaired) electrons. The van der Waals surface area contributed by atoms with Gasteiger partial charge in [0.05, 0.1) is 6.61 Å².